The normalized spacial score (nSPS) is 13.7. The van der Waals surface area contributed by atoms with E-state index in [-0.39, 0.29) is 5.56 Å². The van der Waals surface area contributed by atoms with E-state index in [0.717, 1.165) is 29.6 Å². The monoisotopic (exact) mass is 227 g/mol. The van der Waals surface area contributed by atoms with Crippen LogP contribution in [-0.2, 0) is 0 Å². The van der Waals surface area contributed by atoms with Crippen molar-refractivity contribution in [2.45, 2.75) is 19.8 Å². The summed E-state index contributed by atoms with van der Waals surface area (Å²) in [6.07, 6.45) is 5.83. The Balaban J connectivity index is 2.28. The molecular weight excluding hydrogens is 214 g/mol. The lowest BCUT2D eigenvalue weighted by Crippen LogP contribution is -2.44. The van der Waals surface area contributed by atoms with Crippen LogP contribution in [0.2, 0.25) is 0 Å². The van der Waals surface area contributed by atoms with Gasteiger partial charge in [0.05, 0.1) is 16.3 Å². The Morgan fingerprint density at radius 2 is 2.00 bits per heavy atom. The Bertz CT molecular complexity index is 737. The van der Waals surface area contributed by atoms with Crippen molar-refractivity contribution in [1.82, 2.24) is 15.0 Å². The van der Waals surface area contributed by atoms with Crippen LogP contribution in [0.3, 0.4) is 0 Å². The Morgan fingerprint density at radius 1 is 1.18 bits per heavy atom. The second-order valence-electron chi connectivity index (χ2n) is 4.25. The SMILES string of the molecule is Cc1ccc(-c2nc3c(c(=O)[nH]2)=CCCC=3)[nH]1. The second-order valence-corrected chi connectivity index (χ2v) is 4.25. The number of fused-ring (bicyclic) bond motifs is 1. The summed E-state index contributed by atoms with van der Waals surface area (Å²) in [6, 6.07) is 3.89. The van der Waals surface area contributed by atoms with Gasteiger partial charge in [0.2, 0.25) is 0 Å². The molecule has 2 heterocycles. The molecule has 4 heteroatoms. The van der Waals surface area contributed by atoms with E-state index in [1.54, 1.807) is 0 Å². The second kappa shape index (κ2) is 3.73. The van der Waals surface area contributed by atoms with Crippen molar-refractivity contribution in [3.05, 3.63) is 38.7 Å². The molecule has 0 saturated carbocycles. The largest absolute Gasteiger partial charge is 0.356 e. The van der Waals surface area contributed by atoms with Crippen LogP contribution in [0.1, 0.15) is 18.5 Å². The average Bonchev–Trinajstić information content (AvgIpc) is 2.76. The summed E-state index contributed by atoms with van der Waals surface area (Å²) in [5.74, 6) is 0.605. The molecule has 0 spiro atoms. The van der Waals surface area contributed by atoms with Gasteiger partial charge < -0.3 is 9.97 Å². The fourth-order valence-corrected chi connectivity index (χ4v) is 2.07. The van der Waals surface area contributed by atoms with Gasteiger partial charge in [-0.2, -0.15) is 0 Å². The standard InChI is InChI=1S/C13H13N3O/c1-8-6-7-11(14-8)12-15-10-5-3-2-4-9(10)13(17)16-12/h4-7,14H,2-3H2,1H3,(H,15,16,17). The number of aromatic nitrogens is 3. The Kier molecular flexibility index (Phi) is 2.21. The maximum atomic E-state index is 11.9. The zero-order valence-corrected chi connectivity index (χ0v) is 9.58. The molecule has 0 amide bonds. The highest BCUT2D eigenvalue weighted by Gasteiger charge is 2.06. The summed E-state index contributed by atoms with van der Waals surface area (Å²) in [5, 5.41) is 1.49. The van der Waals surface area contributed by atoms with Gasteiger partial charge in [0.1, 0.15) is 0 Å². The van der Waals surface area contributed by atoms with E-state index >= 15 is 0 Å². The molecule has 0 bridgehead atoms. The summed E-state index contributed by atoms with van der Waals surface area (Å²) in [4.78, 5) is 22.4. The number of nitrogens with one attached hydrogen (secondary N) is 2. The molecule has 0 unspecified atom stereocenters. The third-order valence-electron chi connectivity index (χ3n) is 2.92. The summed E-state index contributed by atoms with van der Waals surface area (Å²) >= 11 is 0. The highest BCUT2D eigenvalue weighted by Crippen LogP contribution is 2.10. The first-order valence-electron chi connectivity index (χ1n) is 5.71. The number of nitrogens with zero attached hydrogens (tertiary/aromatic N) is 1. The Hall–Kier alpha value is -2.10. The minimum atomic E-state index is -0.0618. The molecule has 4 nitrogen and oxygen atoms in total. The van der Waals surface area contributed by atoms with Gasteiger partial charge in [-0.1, -0.05) is 12.2 Å². The average molecular weight is 227 g/mol. The van der Waals surface area contributed by atoms with Crippen LogP contribution in [-0.4, -0.2) is 15.0 Å². The van der Waals surface area contributed by atoms with E-state index < -0.39 is 0 Å². The van der Waals surface area contributed by atoms with Gasteiger partial charge in [0.15, 0.2) is 5.82 Å². The van der Waals surface area contributed by atoms with Crippen molar-refractivity contribution in [3.63, 3.8) is 0 Å². The molecule has 17 heavy (non-hydrogen) atoms. The van der Waals surface area contributed by atoms with E-state index in [2.05, 4.69) is 15.0 Å². The Labute approximate surface area is 97.7 Å². The molecule has 0 radical (unpaired) electrons. The van der Waals surface area contributed by atoms with Gasteiger partial charge in [-0.05, 0) is 31.9 Å². The van der Waals surface area contributed by atoms with Gasteiger partial charge in [0, 0.05) is 5.69 Å². The molecule has 0 atom stereocenters. The van der Waals surface area contributed by atoms with Crippen LogP contribution in [0.25, 0.3) is 23.7 Å². The topological polar surface area (TPSA) is 61.5 Å². The van der Waals surface area contributed by atoms with Gasteiger partial charge in [-0.15, -0.1) is 0 Å². The molecule has 0 aliphatic heterocycles. The van der Waals surface area contributed by atoms with Gasteiger partial charge >= 0.3 is 0 Å². The first-order valence-corrected chi connectivity index (χ1v) is 5.71. The smallest absolute Gasteiger partial charge is 0.258 e. The van der Waals surface area contributed by atoms with Crippen molar-refractivity contribution in [2.75, 3.05) is 0 Å². The predicted octanol–water partition coefficient (Wildman–Crippen LogP) is 0.428. The van der Waals surface area contributed by atoms with Crippen molar-refractivity contribution in [2.24, 2.45) is 0 Å². The molecular formula is C13H13N3O. The summed E-state index contributed by atoms with van der Waals surface area (Å²) in [5.41, 5.74) is 1.84. The van der Waals surface area contributed by atoms with Gasteiger partial charge in [-0.25, -0.2) is 4.98 Å². The lowest BCUT2D eigenvalue weighted by molar-refractivity contribution is 1.00. The number of hydrogen-bond acceptors (Lipinski definition) is 2. The molecule has 2 aromatic heterocycles. The molecule has 86 valence electrons. The van der Waals surface area contributed by atoms with Crippen molar-refractivity contribution < 1.29 is 0 Å². The number of aryl methyl sites for hydroxylation is 1. The van der Waals surface area contributed by atoms with E-state index in [9.17, 15) is 4.79 Å². The molecule has 3 rings (SSSR count). The lowest BCUT2D eigenvalue weighted by atomic mass is 10.1. The van der Waals surface area contributed by atoms with Crippen molar-refractivity contribution in [1.29, 1.82) is 0 Å². The van der Waals surface area contributed by atoms with Crippen LogP contribution in [0, 0.1) is 6.92 Å². The van der Waals surface area contributed by atoms with E-state index in [1.165, 1.54) is 0 Å². The third-order valence-corrected chi connectivity index (χ3v) is 2.92. The number of H-pyrrole nitrogens is 2. The van der Waals surface area contributed by atoms with Crippen molar-refractivity contribution in [3.8, 4) is 11.5 Å². The number of hydrogen-bond donors (Lipinski definition) is 2. The number of aromatic amines is 2. The van der Waals surface area contributed by atoms with E-state index in [0.29, 0.717) is 11.0 Å². The van der Waals surface area contributed by atoms with Crippen LogP contribution in [0.15, 0.2) is 16.9 Å². The molecule has 1 aliphatic rings. The maximum absolute atomic E-state index is 11.9. The summed E-state index contributed by atoms with van der Waals surface area (Å²) < 4.78 is 0. The fraction of sp³-hybridized carbons (Fsp3) is 0.231. The molecule has 0 fully saturated rings. The van der Waals surface area contributed by atoms with Crippen LogP contribution < -0.4 is 16.1 Å². The molecule has 0 saturated heterocycles. The van der Waals surface area contributed by atoms with Crippen LogP contribution in [0.4, 0.5) is 0 Å². The molecule has 1 aliphatic carbocycles. The first kappa shape index (κ1) is 10.1. The summed E-state index contributed by atoms with van der Waals surface area (Å²) in [6.45, 7) is 1.97. The highest BCUT2D eigenvalue weighted by molar-refractivity contribution is 5.50. The zero-order chi connectivity index (χ0) is 11.8. The zero-order valence-electron chi connectivity index (χ0n) is 9.58. The van der Waals surface area contributed by atoms with E-state index in [4.69, 9.17) is 0 Å². The summed E-state index contributed by atoms with van der Waals surface area (Å²) in [7, 11) is 0. The van der Waals surface area contributed by atoms with Gasteiger partial charge in [0.25, 0.3) is 5.56 Å². The maximum Gasteiger partial charge on any atom is 0.258 e. The molecule has 2 aromatic rings. The quantitative estimate of drug-likeness (QED) is 0.742. The highest BCUT2D eigenvalue weighted by atomic mass is 16.1. The van der Waals surface area contributed by atoms with Crippen LogP contribution >= 0.6 is 0 Å². The minimum absolute atomic E-state index is 0.0618. The minimum Gasteiger partial charge on any atom is -0.356 e. The third kappa shape index (κ3) is 1.71. The lowest BCUT2D eigenvalue weighted by Gasteiger charge is -2.01. The Morgan fingerprint density at radius 3 is 2.76 bits per heavy atom. The number of rotatable bonds is 1. The first-order chi connectivity index (χ1) is 8.24. The molecule has 0 aromatic carbocycles. The van der Waals surface area contributed by atoms with E-state index in [1.807, 2.05) is 31.2 Å². The van der Waals surface area contributed by atoms with Crippen LogP contribution in [0.5, 0.6) is 0 Å². The molecule has 2 N–H and O–H groups in total. The predicted molar refractivity (Wildman–Crippen MR) is 66.8 cm³/mol. The fourth-order valence-electron chi connectivity index (χ4n) is 2.07. The van der Waals surface area contributed by atoms with Crippen molar-refractivity contribution >= 4 is 12.2 Å². The van der Waals surface area contributed by atoms with Gasteiger partial charge in [-0.3, -0.25) is 4.79 Å².